The van der Waals surface area contributed by atoms with Gasteiger partial charge in [-0.2, -0.15) is 0 Å². The molecule has 6 aromatic rings. The van der Waals surface area contributed by atoms with Crippen LogP contribution in [0.3, 0.4) is 0 Å². The van der Waals surface area contributed by atoms with Crippen molar-refractivity contribution in [2.75, 3.05) is 0 Å². The van der Waals surface area contributed by atoms with Crippen LogP contribution in [0.5, 0.6) is 0 Å². The van der Waals surface area contributed by atoms with Crippen LogP contribution in [0.4, 0.5) is 0 Å². The molecule has 0 amide bonds. The average Bonchev–Trinajstić information content (AvgIpc) is 3.26. The predicted octanol–water partition coefficient (Wildman–Crippen LogP) is 5.60. The third-order valence-electron chi connectivity index (χ3n) is 5.57. The fourth-order valence-electron chi connectivity index (χ4n) is 4.25. The van der Waals surface area contributed by atoms with Crippen LogP contribution in [0.15, 0.2) is 73.1 Å². The van der Waals surface area contributed by atoms with Crippen LogP contribution in [-0.2, 0) is 0 Å². The first-order valence-electron chi connectivity index (χ1n) is 9.44. The molecule has 0 fully saturated rings. The third kappa shape index (κ3) is 2.00. The van der Waals surface area contributed by atoms with Crippen LogP contribution in [-0.4, -0.2) is 18.9 Å². The van der Waals surface area contributed by atoms with Gasteiger partial charge in [0.1, 0.15) is 17.1 Å². The Bertz CT molecular complexity index is 1540. The van der Waals surface area contributed by atoms with Crippen molar-refractivity contribution in [3.63, 3.8) is 0 Å². The maximum absolute atomic E-state index is 5.14. The molecule has 0 radical (unpaired) electrons. The number of rotatable bonds is 1. The molecular formula is C24H18N4. The minimum atomic E-state index is 0.921. The molecule has 0 spiro atoms. The van der Waals surface area contributed by atoms with Crippen LogP contribution >= 0.6 is 0 Å². The molecule has 28 heavy (non-hydrogen) atoms. The predicted molar refractivity (Wildman–Crippen MR) is 114 cm³/mol. The fourth-order valence-corrected chi connectivity index (χ4v) is 4.25. The van der Waals surface area contributed by atoms with E-state index >= 15 is 0 Å². The van der Waals surface area contributed by atoms with Crippen LogP contribution in [0, 0.1) is 13.8 Å². The minimum Gasteiger partial charge on any atom is -0.301 e. The molecule has 4 heteroatoms. The van der Waals surface area contributed by atoms with E-state index in [0.717, 1.165) is 33.6 Å². The van der Waals surface area contributed by atoms with Gasteiger partial charge in [0.2, 0.25) is 0 Å². The first-order chi connectivity index (χ1) is 13.7. The largest absolute Gasteiger partial charge is 0.301 e. The lowest BCUT2D eigenvalue weighted by Crippen LogP contribution is -2.03. The van der Waals surface area contributed by atoms with Crippen molar-refractivity contribution in [3.8, 4) is 5.82 Å². The van der Waals surface area contributed by atoms with Gasteiger partial charge in [-0.3, -0.25) is 4.40 Å². The second-order valence-corrected chi connectivity index (χ2v) is 7.40. The Balaban J connectivity index is 1.76. The number of hydrogen-bond acceptors (Lipinski definition) is 2. The molecule has 0 bridgehead atoms. The van der Waals surface area contributed by atoms with Gasteiger partial charge in [0, 0.05) is 28.6 Å². The lowest BCUT2D eigenvalue weighted by molar-refractivity contribution is 1.02. The van der Waals surface area contributed by atoms with Gasteiger partial charge in [-0.05, 0) is 49.2 Å². The lowest BCUT2D eigenvalue weighted by atomic mass is 10.2. The normalized spacial score (nSPS) is 11.9. The molecule has 0 atom stereocenters. The zero-order valence-electron chi connectivity index (χ0n) is 15.7. The van der Waals surface area contributed by atoms with E-state index in [4.69, 9.17) is 4.98 Å². The van der Waals surface area contributed by atoms with Crippen molar-refractivity contribution in [2.45, 2.75) is 13.8 Å². The molecule has 0 aliphatic rings. The number of para-hydroxylation sites is 2. The zero-order valence-corrected chi connectivity index (χ0v) is 15.7. The van der Waals surface area contributed by atoms with Crippen molar-refractivity contribution >= 4 is 38.5 Å². The maximum Gasteiger partial charge on any atom is 0.150 e. The molecule has 2 aromatic carbocycles. The second-order valence-electron chi connectivity index (χ2n) is 7.40. The topological polar surface area (TPSA) is 35.1 Å². The molecule has 134 valence electrons. The van der Waals surface area contributed by atoms with E-state index in [9.17, 15) is 0 Å². The minimum absolute atomic E-state index is 0.921. The summed E-state index contributed by atoms with van der Waals surface area (Å²) in [5.41, 5.74) is 6.55. The number of aromatic nitrogens is 4. The van der Waals surface area contributed by atoms with Crippen molar-refractivity contribution in [1.29, 1.82) is 0 Å². The summed E-state index contributed by atoms with van der Waals surface area (Å²) in [7, 11) is 0. The number of pyridine rings is 1. The Morgan fingerprint density at radius 3 is 2.46 bits per heavy atom. The smallest absolute Gasteiger partial charge is 0.150 e. The monoisotopic (exact) mass is 362 g/mol. The number of nitrogens with zero attached hydrogens (tertiary/aromatic N) is 4. The Hall–Kier alpha value is -3.66. The quantitative estimate of drug-likeness (QED) is 0.382. The molecule has 0 saturated carbocycles. The molecule has 4 aromatic heterocycles. The standard InChI is InChI=1S/C24H18N4/c1-15-11-18-13-25-22-12-17-7-3-5-9-20(17)28(22)24(18)26-23(15)27-14-16(2)19-8-4-6-10-21(19)27/h3-14H,1-2H3. The second kappa shape index (κ2) is 5.42. The summed E-state index contributed by atoms with van der Waals surface area (Å²) in [6.45, 7) is 4.26. The highest BCUT2D eigenvalue weighted by molar-refractivity contribution is 5.92. The van der Waals surface area contributed by atoms with Gasteiger partial charge >= 0.3 is 0 Å². The van der Waals surface area contributed by atoms with Gasteiger partial charge in [0.25, 0.3) is 0 Å². The molecular weight excluding hydrogens is 344 g/mol. The van der Waals surface area contributed by atoms with Gasteiger partial charge in [0.05, 0.1) is 11.0 Å². The Morgan fingerprint density at radius 1 is 0.786 bits per heavy atom. The van der Waals surface area contributed by atoms with E-state index in [1.807, 2.05) is 6.20 Å². The van der Waals surface area contributed by atoms with Crippen LogP contribution in [0.25, 0.3) is 44.3 Å². The van der Waals surface area contributed by atoms with E-state index < -0.39 is 0 Å². The van der Waals surface area contributed by atoms with Crippen molar-refractivity contribution < 1.29 is 0 Å². The molecule has 6 rings (SSSR count). The molecule has 4 heterocycles. The highest BCUT2D eigenvalue weighted by Gasteiger charge is 2.14. The van der Waals surface area contributed by atoms with Gasteiger partial charge < -0.3 is 4.57 Å². The molecule has 0 unspecified atom stereocenters. The molecule has 0 aliphatic heterocycles. The number of aryl methyl sites for hydroxylation is 2. The van der Waals surface area contributed by atoms with Crippen LogP contribution in [0.1, 0.15) is 11.1 Å². The first kappa shape index (κ1) is 15.4. The van der Waals surface area contributed by atoms with Crippen molar-refractivity contribution in [3.05, 3.63) is 84.2 Å². The van der Waals surface area contributed by atoms with Gasteiger partial charge in [-0.25, -0.2) is 9.97 Å². The summed E-state index contributed by atoms with van der Waals surface area (Å²) >= 11 is 0. The highest BCUT2D eigenvalue weighted by Crippen LogP contribution is 2.28. The summed E-state index contributed by atoms with van der Waals surface area (Å²) < 4.78 is 4.36. The first-order valence-corrected chi connectivity index (χ1v) is 9.44. The van der Waals surface area contributed by atoms with E-state index in [2.05, 4.69) is 94.7 Å². The molecule has 0 aliphatic carbocycles. The van der Waals surface area contributed by atoms with E-state index in [1.54, 1.807) is 0 Å². The maximum atomic E-state index is 5.14. The number of hydrogen-bond donors (Lipinski definition) is 0. The van der Waals surface area contributed by atoms with E-state index in [1.165, 1.54) is 21.9 Å². The summed E-state index contributed by atoms with van der Waals surface area (Å²) in [5.74, 6) is 0.960. The van der Waals surface area contributed by atoms with Crippen molar-refractivity contribution in [2.24, 2.45) is 0 Å². The third-order valence-corrected chi connectivity index (χ3v) is 5.57. The summed E-state index contributed by atoms with van der Waals surface area (Å²) in [5, 5.41) is 3.48. The summed E-state index contributed by atoms with van der Waals surface area (Å²) in [4.78, 5) is 9.81. The number of benzene rings is 2. The Morgan fingerprint density at radius 2 is 1.57 bits per heavy atom. The Kier molecular flexibility index (Phi) is 2.98. The molecule has 0 saturated heterocycles. The highest BCUT2D eigenvalue weighted by atomic mass is 15.1. The zero-order chi connectivity index (χ0) is 18.8. The van der Waals surface area contributed by atoms with Crippen LogP contribution < -0.4 is 0 Å². The fraction of sp³-hybridized carbons (Fsp3) is 0.0833. The number of fused-ring (bicyclic) bond motifs is 6. The summed E-state index contributed by atoms with van der Waals surface area (Å²) in [6.07, 6.45) is 4.10. The van der Waals surface area contributed by atoms with Crippen molar-refractivity contribution in [1.82, 2.24) is 18.9 Å². The Labute approximate surface area is 161 Å². The molecule has 4 nitrogen and oxygen atoms in total. The van der Waals surface area contributed by atoms with Gasteiger partial charge in [0.15, 0.2) is 0 Å². The van der Waals surface area contributed by atoms with Gasteiger partial charge in [-0.15, -0.1) is 0 Å². The van der Waals surface area contributed by atoms with E-state index in [0.29, 0.717) is 0 Å². The van der Waals surface area contributed by atoms with Gasteiger partial charge in [-0.1, -0.05) is 36.4 Å². The summed E-state index contributed by atoms with van der Waals surface area (Å²) in [6, 6.07) is 21.1. The van der Waals surface area contributed by atoms with Crippen LogP contribution in [0.2, 0.25) is 0 Å². The van der Waals surface area contributed by atoms with E-state index in [-0.39, 0.29) is 0 Å². The SMILES string of the molecule is Cc1cc2cnc3cc4ccccc4n3c2nc1-n1cc(C)c2ccccc21. The lowest BCUT2D eigenvalue weighted by Gasteiger charge is -2.11. The molecule has 0 N–H and O–H groups in total. The average molecular weight is 362 g/mol.